The highest BCUT2D eigenvalue weighted by Gasteiger charge is 2.34. The van der Waals surface area contributed by atoms with Gasteiger partial charge in [-0.2, -0.15) is 13.2 Å². The van der Waals surface area contributed by atoms with Gasteiger partial charge in [0.15, 0.2) is 6.61 Å². The van der Waals surface area contributed by atoms with E-state index in [1.807, 2.05) is 6.07 Å². The lowest BCUT2D eigenvalue weighted by Gasteiger charge is -2.24. The van der Waals surface area contributed by atoms with Gasteiger partial charge in [0.1, 0.15) is 11.5 Å². The molecule has 0 N–H and O–H groups in total. The fraction of sp³-hybridized carbons (Fsp3) is 0.400. The summed E-state index contributed by atoms with van der Waals surface area (Å²) >= 11 is 0. The summed E-state index contributed by atoms with van der Waals surface area (Å²) in [4.78, 5) is 18.5. The van der Waals surface area contributed by atoms with Crippen LogP contribution >= 0.6 is 0 Å². The highest BCUT2D eigenvalue weighted by molar-refractivity contribution is 5.94. The Hall–Kier alpha value is -2.97. The van der Waals surface area contributed by atoms with E-state index in [-0.39, 0.29) is 23.4 Å². The van der Waals surface area contributed by atoms with E-state index >= 15 is 0 Å². The van der Waals surface area contributed by atoms with Gasteiger partial charge < -0.3 is 19.1 Å². The van der Waals surface area contributed by atoms with E-state index in [9.17, 15) is 18.0 Å². The summed E-state index contributed by atoms with van der Waals surface area (Å²) in [5.41, 5.74) is 1.07. The van der Waals surface area contributed by atoms with Crippen molar-refractivity contribution in [1.82, 2.24) is 9.88 Å². The summed E-state index contributed by atoms with van der Waals surface area (Å²) in [6.07, 6.45) is -1.45. The lowest BCUT2D eigenvalue weighted by molar-refractivity contribution is -0.154. The molecule has 1 aliphatic rings. The van der Waals surface area contributed by atoms with Crippen molar-refractivity contribution >= 4 is 5.91 Å². The van der Waals surface area contributed by atoms with E-state index in [2.05, 4.69) is 9.72 Å². The summed E-state index contributed by atoms with van der Waals surface area (Å²) < 4.78 is 51.9. The first-order chi connectivity index (χ1) is 13.8. The van der Waals surface area contributed by atoms with Crippen molar-refractivity contribution in [3.05, 3.63) is 47.7 Å². The number of pyridine rings is 1. The Morgan fingerprint density at radius 1 is 1.17 bits per heavy atom. The number of rotatable bonds is 8. The van der Waals surface area contributed by atoms with Crippen molar-refractivity contribution < 1.29 is 32.2 Å². The number of aromatic nitrogens is 1. The molecule has 1 aromatic heterocycles. The molecule has 156 valence electrons. The van der Waals surface area contributed by atoms with Gasteiger partial charge >= 0.3 is 6.18 Å². The summed E-state index contributed by atoms with van der Waals surface area (Å²) in [5, 5.41) is 0. The molecule has 1 aromatic carbocycles. The van der Waals surface area contributed by atoms with Gasteiger partial charge in [-0.3, -0.25) is 4.79 Å². The lowest BCUT2D eigenvalue weighted by Crippen LogP contribution is -2.32. The van der Waals surface area contributed by atoms with Crippen LogP contribution in [0.5, 0.6) is 17.4 Å². The Morgan fingerprint density at radius 2 is 1.93 bits per heavy atom. The average molecular weight is 410 g/mol. The van der Waals surface area contributed by atoms with Crippen molar-refractivity contribution in [2.24, 2.45) is 0 Å². The summed E-state index contributed by atoms with van der Waals surface area (Å²) in [7, 11) is 3.11. The van der Waals surface area contributed by atoms with Crippen molar-refractivity contribution in [3.63, 3.8) is 0 Å². The molecule has 0 atom stereocenters. The first kappa shape index (κ1) is 20.8. The van der Waals surface area contributed by atoms with E-state index in [0.29, 0.717) is 18.0 Å². The third kappa shape index (κ3) is 5.52. The van der Waals surface area contributed by atoms with E-state index in [0.717, 1.165) is 18.4 Å². The van der Waals surface area contributed by atoms with Gasteiger partial charge in [-0.05, 0) is 37.1 Å². The maximum absolute atomic E-state index is 13.0. The van der Waals surface area contributed by atoms with Crippen LogP contribution in [-0.4, -0.2) is 48.8 Å². The van der Waals surface area contributed by atoms with Crippen molar-refractivity contribution in [2.45, 2.75) is 31.6 Å². The van der Waals surface area contributed by atoms with E-state index in [1.165, 1.54) is 18.3 Å². The summed E-state index contributed by atoms with van der Waals surface area (Å²) in [6.45, 7) is -1.12. The molecule has 0 aliphatic heterocycles. The topological polar surface area (TPSA) is 60.9 Å². The quantitative estimate of drug-likeness (QED) is 0.662. The van der Waals surface area contributed by atoms with E-state index < -0.39 is 12.8 Å². The van der Waals surface area contributed by atoms with Crippen LogP contribution in [-0.2, 0) is 6.54 Å². The molecule has 2 aromatic rings. The van der Waals surface area contributed by atoms with Crippen LogP contribution in [0, 0.1) is 0 Å². The molecular weight excluding hydrogens is 389 g/mol. The Labute approximate surface area is 166 Å². The first-order valence-corrected chi connectivity index (χ1v) is 8.98. The number of methoxy groups -OCH3 is 2. The molecule has 0 bridgehead atoms. The van der Waals surface area contributed by atoms with Crippen LogP contribution in [0.1, 0.15) is 28.8 Å². The van der Waals surface area contributed by atoms with Crippen molar-refractivity contribution in [2.75, 3.05) is 20.8 Å². The van der Waals surface area contributed by atoms with Crippen LogP contribution < -0.4 is 14.2 Å². The number of halogens is 3. The Kier molecular flexibility index (Phi) is 6.14. The molecule has 3 rings (SSSR count). The van der Waals surface area contributed by atoms with Gasteiger partial charge in [-0.25, -0.2) is 4.98 Å². The van der Waals surface area contributed by atoms with Crippen LogP contribution in [0.4, 0.5) is 13.2 Å². The average Bonchev–Trinajstić information content (AvgIpc) is 3.54. The molecular formula is C20H21F3N2O4. The molecule has 29 heavy (non-hydrogen) atoms. The van der Waals surface area contributed by atoms with Crippen LogP contribution in [0.15, 0.2) is 36.5 Å². The minimum Gasteiger partial charge on any atom is -0.497 e. The van der Waals surface area contributed by atoms with Crippen LogP contribution in [0.2, 0.25) is 0 Å². The van der Waals surface area contributed by atoms with Gasteiger partial charge in [-0.1, -0.05) is 0 Å². The molecule has 0 unspecified atom stereocenters. The van der Waals surface area contributed by atoms with Crippen LogP contribution in [0.25, 0.3) is 0 Å². The SMILES string of the molecule is COc1ccc(OC)c(CN(C(=O)c2ccc(OCC(F)(F)F)nc2)C2CC2)c1. The van der Waals surface area contributed by atoms with Gasteiger partial charge in [0, 0.05) is 23.9 Å². The maximum atomic E-state index is 13.0. The molecule has 1 heterocycles. The third-order valence-corrected chi connectivity index (χ3v) is 4.44. The number of ether oxygens (including phenoxy) is 3. The number of amides is 1. The minimum absolute atomic E-state index is 0.0968. The molecule has 1 saturated carbocycles. The Bertz CT molecular complexity index is 852. The zero-order valence-electron chi connectivity index (χ0n) is 16.0. The predicted octanol–water partition coefficient (Wildman–Crippen LogP) is 3.84. The van der Waals surface area contributed by atoms with Gasteiger partial charge in [-0.15, -0.1) is 0 Å². The smallest absolute Gasteiger partial charge is 0.422 e. The summed E-state index contributed by atoms with van der Waals surface area (Å²) in [6, 6.07) is 8.14. The third-order valence-electron chi connectivity index (χ3n) is 4.44. The lowest BCUT2D eigenvalue weighted by atomic mass is 10.1. The normalized spacial score (nSPS) is 13.7. The molecule has 0 spiro atoms. The summed E-state index contributed by atoms with van der Waals surface area (Å²) in [5.74, 6) is 0.841. The van der Waals surface area contributed by atoms with Gasteiger partial charge in [0.05, 0.1) is 26.3 Å². The minimum atomic E-state index is -4.45. The zero-order valence-corrected chi connectivity index (χ0v) is 16.0. The largest absolute Gasteiger partial charge is 0.497 e. The molecule has 9 heteroatoms. The monoisotopic (exact) mass is 410 g/mol. The highest BCUT2D eigenvalue weighted by atomic mass is 19.4. The first-order valence-electron chi connectivity index (χ1n) is 8.98. The fourth-order valence-electron chi connectivity index (χ4n) is 2.86. The molecule has 1 fully saturated rings. The second-order valence-electron chi connectivity index (χ2n) is 6.63. The van der Waals surface area contributed by atoms with Crippen LogP contribution in [0.3, 0.4) is 0 Å². The maximum Gasteiger partial charge on any atom is 0.422 e. The molecule has 0 saturated heterocycles. The van der Waals surface area contributed by atoms with Gasteiger partial charge in [0.25, 0.3) is 5.91 Å². The second kappa shape index (κ2) is 8.59. The molecule has 0 radical (unpaired) electrons. The predicted molar refractivity (Wildman–Crippen MR) is 98.2 cm³/mol. The van der Waals surface area contributed by atoms with Crippen molar-refractivity contribution in [3.8, 4) is 17.4 Å². The highest BCUT2D eigenvalue weighted by Crippen LogP contribution is 2.33. The fourth-order valence-corrected chi connectivity index (χ4v) is 2.86. The Balaban J connectivity index is 1.75. The Morgan fingerprint density at radius 3 is 2.48 bits per heavy atom. The number of alkyl halides is 3. The number of nitrogens with zero attached hydrogens (tertiary/aromatic N) is 2. The molecule has 6 nitrogen and oxygen atoms in total. The second-order valence-corrected chi connectivity index (χ2v) is 6.63. The zero-order chi connectivity index (χ0) is 21.0. The number of benzene rings is 1. The number of carbonyl (C=O) groups excluding carboxylic acids is 1. The van der Waals surface area contributed by atoms with E-state index in [1.54, 1.807) is 31.3 Å². The molecule has 1 aliphatic carbocycles. The van der Waals surface area contributed by atoms with Crippen molar-refractivity contribution in [1.29, 1.82) is 0 Å². The molecule has 1 amide bonds. The van der Waals surface area contributed by atoms with E-state index in [4.69, 9.17) is 9.47 Å². The number of hydrogen-bond acceptors (Lipinski definition) is 5. The number of carbonyl (C=O) groups is 1. The van der Waals surface area contributed by atoms with Gasteiger partial charge in [0.2, 0.25) is 5.88 Å². The number of hydrogen-bond donors (Lipinski definition) is 0. The standard InChI is InChI=1S/C20H21F3N2O4/c1-27-16-6-7-17(28-2)14(9-16)11-25(15-4-5-15)19(26)13-3-8-18(24-10-13)29-12-20(21,22)23/h3,6-10,15H,4-5,11-12H2,1-2H3.